The number of aromatic nitrogens is 1. The Morgan fingerprint density at radius 3 is 3.11 bits per heavy atom. The van der Waals surface area contributed by atoms with Crippen molar-refractivity contribution in [2.75, 3.05) is 44.5 Å². The molecule has 18 heavy (non-hydrogen) atoms. The Morgan fingerprint density at radius 1 is 1.50 bits per heavy atom. The summed E-state index contributed by atoms with van der Waals surface area (Å²) in [4.78, 5) is 10.7. The minimum absolute atomic E-state index is 0.569. The fourth-order valence-corrected chi connectivity index (χ4v) is 1.78. The van der Waals surface area contributed by atoms with Gasteiger partial charge in [0.25, 0.3) is 0 Å². The van der Waals surface area contributed by atoms with E-state index in [9.17, 15) is 0 Å². The van der Waals surface area contributed by atoms with Crippen LogP contribution in [0.3, 0.4) is 0 Å². The first-order valence-electron chi connectivity index (χ1n) is 6.04. The Morgan fingerprint density at radius 2 is 2.39 bits per heavy atom. The minimum Gasteiger partial charge on any atom is -0.481 e. The van der Waals surface area contributed by atoms with Crippen LogP contribution in [0.1, 0.15) is 6.42 Å². The number of nitrogen functional groups attached to an aromatic ring is 1. The van der Waals surface area contributed by atoms with Crippen molar-refractivity contribution in [3.8, 4) is 5.88 Å². The highest BCUT2D eigenvalue weighted by Crippen LogP contribution is 2.19. The highest BCUT2D eigenvalue weighted by atomic mass is 16.5. The molecule has 6 heteroatoms. The van der Waals surface area contributed by atoms with Gasteiger partial charge in [0.2, 0.25) is 5.88 Å². The summed E-state index contributed by atoms with van der Waals surface area (Å²) in [7, 11) is 1.59. The third kappa shape index (κ3) is 3.33. The van der Waals surface area contributed by atoms with Crippen LogP contribution >= 0.6 is 0 Å². The number of nitrogens with zero attached hydrogens (tertiary/aromatic N) is 3. The van der Waals surface area contributed by atoms with Crippen LogP contribution in [-0.4, -0.2) is 49.5 Å². The van der Waals surface area contributed by atoms with E-state index in [2.05, 4.69) is 20.2 Å². The molecule has 0 amide bonds. The second-order valence-corrected chi connectivity index (χ2v) is 4.16. The Balaban J connectivity index is 1.75. The lowest BCUT2D eigenvalue weighted by molar-refractivity contribution is 0.341. The highest BCUT2D eigenvalue weighted by molar-refractivity contribution is 5.62. The number of rotatable bonds is 6. The fraction of sp³-hybridized carbons (Fsp3) is 0.500. The molecule has 0 saturated carbocycles. The van der Waals surface area contributed by atoms with Crippen molar-refractivity contribution in [2.24, 2.45) is 4.99 Å². The fourth-order valence-electron chi connectivity index (χ4n) is 1.78. The number of ether oxygens (including phenoxy) is 1. The third-order valence-corrected chi connectivity index (χ3v) is 2.80. The first-order valence-corrected chi connectivity index (χ1v) is 6.04. The van der Waals surface area contributed by atoms with Crippen LogP contribution in [0.4, 0.5) is 11.5 Å². The molecule has 0 radical (unpaired) electrons. The third-order valence-electron chi connectivity index (χ3n) is 2.80. The lowest BCUT2D eigenvalue weighted by Gasteiger charge is -2.14. The van der Waals surface area contributed by atoms with Gasteiger partial charge in [0.05, 0.1) is 19.5 Å². The summed E-state index contributed by atoms with van der Waals surface area (Å²) in [6, 6.07) is 3.55. The van der Waals surface area contributed by atoms with E-state index in [-0.39, 0.29) is 0 Å². The second-order valence-electron chi connectivity index (χ2n) is 4.16. The van der Waals surface area contributed by atoms with Crippen LogP contribution < -0.4 is 15.8 Å². The van der Waals surface area contributed by atoms with E-state index in [1.165, 1.54) is 0 Å². The van der Waals surface area contributed by atoms with Gasteiger partial charge in [0.15, 0.2) is 5.82 Å². The van der Waals surface area contributed by atoms with Crippen molar-refractivity contribution in [1.82, 2.24) is 9.88 Å². The molecule has 0 aliphatic carbocycles. The van der Waals surface area contributed by atoms with Gasteiger partial charge in [0, 0.05) is 31.9 Å². The van der Waals surface area contributed by atoms with E-state index >= 15 is 0 Å². The Kier molecular flexibility index (Phi) is 4.35. The van der Waals surface area contributed by atoms with Crippen LogP contribution in [0, 0.1) is 0 Å². The zero-order valence-corrected chi connectivity index (χ0v) is 10.6. The highest BCUT2D eigenvalue weighted by Gasteiger charge is 2.07. The van der Waals surface area contributed by atoms with Crippen LogP contribution in [0.5, 0.6) is 5.88 Å². The lowest BCUT2D eigenvalue weighted by Crippen LogP contribution is -2.23. The molecule has 1 aromatic heterocycles. The molecule has 1 aromatic rings. The van der Waals surface area contributed by atoms with E-state index in [0.717, 1.165) is 32.7 Å². The molecule has 0 saturated heterocycles. The van der Waals surface area contributed by atoms with Gasteiger partial charge in [0.1, 0.15) is 0 Å². The first-order chi connectivity index (χ1) is 8.79. The lowest BCUT2D eigenvalue weighted by atomic mass is 10.3. The standard InChI is InChI=1S/C12H19N5O/c1-18-11-4-3-10(13)12(16-11)15-5-2-7-17-8-6-14-9-17/h3-4,6H,2,5,7-9,13H2,1H3,(H,15,16). The molecule has 0 spiro atoms. The monoisotopic (exact) mass is 249 g/mol. The molecular weight excluding hydrogens is 230 g/mol. The summed E-state index contributed by atoms with van der Waals surface area (Å²) in [5.74, 6) is 1.26. The van der Waals surface area contributed by atoms with Crippen molar-refractivity contribution in [2.45, 2.75) is 6.42 Å². The number of hydrogen-bond donors (Lipinski definition) is 2. The van der Waals surface area contributed by atoms with Crippen molar-refractivity contribution in [3.63, 3.8) is 0 Å². The molecular formula is C12H19N5O. The van der Waals surface area contributed by atoms with Crippen molar-refractivity contribution in [1.29, 1.82) is 0 Å². The van der Waals surface area contributed by atoms with Gasteiger partial charge in [-0.1, -0.05) is 0 Å². The van der Waals surface area contributed by atoms with Gasteiger partial charge in [-0.05, 0) is 12.5 Å². The van der Waals surface area contributed by atoms with Gasteiger partial charge in [-0.2, -0.15) is 4.98 Å². The Labute approximate surface area is 107 Å². The topological polar surface area (TPSA) is 75.8 Å². The van der Waals surface area contributed by atoms with Gasteiger partial charge in [-0.15, -0.1) is 0 Å². The van der Waals surface area contributed by atoms with E-state index in [1.54, 1.807) is 19.2 Å². The second kappa shape index (κ2) is 6.20. The molecule has 0 atom stereocenters. The molecule has 1 aliphatic heterocycles. The van der Waals surface area contributed by atoms with Gasteiger partial charge >= 0.3 is 0 Å². The Hall–Kier alpha value is -1.82. The van der Waals surface area contributed by atoms with Crippen LogP contribution in [-0.2, 0) is 0 Å². The molecule has 3 N–H and O–H groups in total. The number of methoxy groups -OCH3 is 1. The molecule has 98 valence electrons. The van der Waals surface area contributed by atoms with Crippen LogP contribution in [0.2, 0.25) is 0 Å². The minimum atomic E-state index is 0.569. The van der Waals surface area contributed by atoms with Crippen molar-refractivity contribution in [3.05, 3.63) is 12.1 Å². The molecule has 1 aliphatic rings. The van der Waals surface area contributed by atoms with Crippen molar-refractivity contribution < 1.29 is 4.74 Å². The maximum absolute atomic E-state index is 5.84. The smallest absolute Gasteiger partial charge is 0.215 e. The van der Waals surface area contributed by atoms with Crippen LogP contribution in [0.25, 0.3) is 0 Å². The number of aliphatic imine (C=N–C) groups is 1. The van der Waals surface area contributed by atoms with Gasteiger partial charge in [-0.25, -0.2) is 0 Å². The van der Waals surface area contributed by atoms with E-state index in [0.29, 0.717) is 17.4 Å². The summed E-state index contributed by atoms with van der Waals surface area (Å²) in [6.07, 6.45) is 2.98. The SMILES string of the molecule is COc1ccc(N)c(NCCCN2CC=NC2)n1. The quantitative estimate of drug-likeness (QED) is 0.730. The largest absolute Gasteiger partial charge is 0.481 e. The number of nitrogens with two attached hydrogens (primary N) is 1. The van der Waals surface area contributed by atoms with E-state index < -0.39 is 0 Å². The average Bonchev–Trinajstić information content (AvgIpc) is 2.89. The molecule has 0 unspecified atom stereocenters. The average molecular weight is 249 g/mol. The maximum Gasteiger partial charge on any atom is 0.215 e. The predicted molar refractivity (Wildman–Crippen MR) is 73.2 cm³/mol. The number of hydrogen-bond acceptors (Lipinski definition) is 6. The predicted octanol–water partition coefficient (Wildman–Crippen LogP) is 0.818. The number of nitrogens with one attached hydrogen (secondary N) is 1. The van der Waals surface area contributed by atoms with Gasteiger partial charge < -0.3 is 15.8 Å². The summed E-state index contributed by atoms with van der Waals surface area (Å²) in [5.41, 5.74) is 6.48. The summed E-state index contributed by atoms with van der Waals surface area (Å²) >= 11 is 0. The number of pyridine rings is 1. The van der Waals surface area contributed by atoms with E-state index in [4.69, 9.17) is 10.5 Å². The molecule has 6 nitrogen and oxygen atoms in total. The van der Waals surface area contributed by atoms with E-state index in [1.807, 2.05) is 6.21 Å². The normalized spacial score (nSPS) is 14.9. The van der Waals surface area contributed by atoms with Crippen molar-refractivity contribution >= 4 is 17.7 Å². The first kappa shape index (κ1) is 12.6. The molecule has 0 aromatic carbocycles. The molecule has 0 bridgehead atoms. The van der Waals surface area contributed by atoms with Gasteiger partial charge in [-0.3, -0.25) is 9.89 Å². The summed E-state index contributed by atoms with van der Waals surface area (Å²) < 4.78 is 5.07. The summed E-state index contributed by atoms with van der Waals surface area (Å²) in [6.45, 7) is 3.64. The zero-order chi connectivity index (χ0) is 12.8. The zero-order valence-electron chi connectivity index (χ0n) is 10.6. The Bertz CT molecular complexity index is 413. The number of anilines is 2. The molecule has 0 fully saturated rings. The molecule has 2 rings (SSSR count). The van der Waals surface area contributed by atoms with Crippen LogP contribution in [0.15, 0.2) is 17.1 Å². The maximum atomic E-state index is 5.84. The summed E-state index contributed by atoms with van der Waals surface area (Å²) in [5, 5.41) is 3.23. The molecule has 2 heterocycles.